The molecule has 0 rings (SSSR count). The molecule has 0 fully saturated rings. The first-order valence-electron chi connectivity index (χ1n) is 38.9. The van der Waals surface area contributed by atoms with Crippen LogP contribution in [0.5, 0.6) is 0 Å². The minimum Gasteiger partial charge on any atom is -0.466 e. The Morgan fingerprint density at radius 3 is 0.895 bits per heavy atom. The van der Waals surface area contributed by atoms with Crippen molar-refractivity contribution in [2.24, 2.45) is 0 Å². The van der Waals surface area contributed by atoms with E-state index in [4.69, 9.17) is 4.74 Å². The molecule has 2 atom stereocenters. The number of unbranched alkanes of at least 4 members (excludes halogenated alkanes) is 54. The number of aliphatic hydroxyl groups excluding tert-OH is 2. The van der Waals surface area contributed by atoms with E-state index in [9.17, 15) is 19.8 Å². The normalized spacial score (nSPS) is 12.7. The first-order chi connectivity index (χ1) is 42.5. The van der Waals surface area contributed by atoms with E-state index in [2.05, 4.69) is 67.8 Å². The molecule has 0 spiro atoms. The molecule has 86 heavy (non-hydrogen) atoms. The lowest BCUT2D eigenvalue weighted by atomic mass is 10.0. The van der Waals surface area contributed by atoms with E-state index in [1.54, 1.807) is 0 Å². The maximum Gasteiger partial charge on any atom is 0.305 e. The highest BCUT2D eigenvalue weighted by Gasteiger charge is 2.20. The molecular formula is C80H151NO5. The van der Waals surface area contributed by atoms with Crippen molar-refractivity contribution in [1.29, 1.82) is 0 Å². The standard InChI is InChI=1S/C80H151NO5/c1-3-5-7-9-11-13-15-17-19-46-50-54-58-62-66-70-74-80(85)86-75-71-67-63-59-55-51-47-44-42-40-38-36-34-32-30-28-26-24-22-20-21-23-25-27-29-31-33-35-37-39-41-43-45-49-53-57-61-65-69-73-79(84)81-77(76-82)78(83)72-68-64-60-56-52-48-18-16-14-12-10-8-6-4-2/h13,15,19-21,24,26,46,77-78,82-83H,3-12,14,16-18,22-23,25,27-45,47-76H2,1-2H3,(H,81,84)/b15-13-,21-20-,26-24-,46-19-. The summed E-state index contributed by atoms with van der Waals surface area (Å²) in [6.07, 6.45) is 99.2. The molecule has 1 amide bonds. The third-order valence-corrected chi connectivity index (χ3v) is 18.1. The van der Waals surface area contributed by atoms with Crippen LogP contribution >= 0.6 is 0 Å². The van der Waals surface area contributed by atoms with Crippen LogP contribution in [-0.2, 0) is 14.3 Å². The van der Waals surface area contributed by atoms with Gasteiger partial charge in [0, 0.05) is 12.8 Å². The zero-order valence-corrected chi connectivity index (χ0v) is 58.1. The van der Waals surface area contributed by atoms with Crippen LogP contribution in [0.4, 0.5) is 0 Å². The number of ether oxygens (including phenoxy) is 1. The Bertz CT molecular complexity index is 1440. The number of aliphatic hydroxyl groups is 2. The van der Waals surface area contributed by atoms with Crippen molar-refractivity contribution in [2.45, 2.75) is 437 Å². The highest BCUT2D eigenvalue weighted by atomic mass is 16.5. The van der Waals surface area contributed by atoms with Gasteiger partial charge in [0.25, 0.3) is 0 Å². The SMILES string of the molecule is CCCCCC/C=C\C/C=C\CCCCCCCC(=O)OCCCCCCCCCCCCCCCCC/C=C\C/C=C\CCCCCCCCCCCCCCCCCCCC(=O)NC(CO)C(O)CCCCCCCCCCCCCCCC. The van der Waals surface area contributed by atoms with Gasteiger partial charge < -0.3 is 20.3 Å². The van der Waals surface area contributed by atoms with Crippen molar-refractivity contribution >= 4 is 11.9 Å². The van der Waals surface area contributed by atoms with E-state index >= 15 is 0 Å². The van der Waals surface area contributed by atoms with Crippen molar-refractivity contribution in [3.63, 3.8) is 0 Å². The molecule has 0 aliphatic rings. The highest BCUT2D eigenvalue weighted by molar-refractivity contribution is 5.76. The summed E-state index contributed by atoms with van der Waals surface area (Å²) in [5.41, 5.74) is 0. The van der Waals surface area contributed by atoms with Crippen LogP contribution in [-0.4, -0.2) is 47.4 Å². The fraction of sp³-hybridized carbons (Fsp3) is 0.875. The van der Waals surface area contributed by atoms with E-state index < -0.39 is 12.1 Å². The third-order valence-electron chi connectivity index (χ3n) is 18.1. The van der Waals surface area contributed by atoms with Crippen LogP contribution < -0.4 is 5.32 Å². The molecule has 0 radical (unpaired) electrons. The number of nitrogens with one attached hydrogen (secondary N) is 1. The third kappa shape index (κ3) is 70.9. The maximum absolute atomic E-state index is 12.5. The Balaban J connectivity index is 3.35. The Kier molecular flexibility index (Phi) is 73.4. The number of hydrogen-bond donors (Lipinski definition) is 3. The van der Waals surface area contributed by atoms with Crippen LogP contribution in [0.25, 0.3) is 0 Å². The van der Waals surface area contributed by atoms with Gasteiger partial charge in [-0.25, -0.2) is 0 Å². The van der Waals surface area contributed by atoms with Gasteiger partial charge in [0.15, 0.2) is 0 Å². The lowest BCUT2D eigenvalue weighted by Gasteiger charge is -2.22. The highest BCUT2D eigenvalue weighted by Crippen LogP contribution is 2.19. The van der Waals surface area contributed by atoms with Crippen LogP contribution in [0.2, 0.25) is 0 Å². The molecule has 0 saturated heterocycles. The van der Waals surface area contributed by atoms with Crippen LogP contribution in [0, 0.1) is 0 Å². The number of esters is 1. The molecule has 0 heterocycles. The molecule has 0 bridgehead atoms. The number of carbonyl (C=O) groups excluding carboxylic acids is 2. The summed E-state index contributed by atoms with van der Waals surface area (Å²) < 4.78 is 5.50. The maximum atomic E-state index is 12.5. The molecule has 0 aromatic rings. The average Bonchev–Trinajstić information content (AvgIpc) is 3.51. The average molecular weight is 1210 g/mol. The van der Waals surface area contributed by atoms with Gasteiger partial charge in [-0.05, 0) is 89.9 Å². The minimum atomic E-state index is -0.662. The van der Waals surface area contributed by atoms with Gasteiger partial charge in [0.05, 0.1) is 25.4 Å². The first-order valence-corrected chi connectivity index (χ1v) is 38.9. The van der Waals surface area contributed by atoms with Crippen molar-refractivity contribution in [2.75, 3.05) is 13.2 Å². The summed E-state index contributed by atoms with van der Waals surface area (Å²) in [7, 11) is 0. The van der Waals surface area contributed by atoms with Crippen LogP contribution in [0.3, 0.4) is 0 Å². The quantitative estimate of drug-likeness (QED) is 0.0320. The van der Waals surface area contributed by atoms with Gasteiger partial charge in [-0.2, -0.15) is 0 Å². The van der Waals surface area contributed by atoms with Gasteiger partial charge in [-0.3, -0.25) is 9.59 Å². The number of allylic oxidation sites excluding steroid dienone is 8. The molecule has 0 saturated carbocycles. The molecule has 0 aromatic heterocycles. The van der Waals surface area contributed by atoms with E-state index in [1.165, 1.54) is 334 Å². The Labute approximate surface area is 537 Å². The number of carbonyl (C=O) groups is 2. The number of rotatable bonds is 73. The molecule has 506 valence electrons. The van der Waals surface area contributed by atoms with Gasteiger partial charge >= 0.3 is 5.97 Å². The van der Waals surface area contributed by atoms with Crippen molar-refractivity contribution in [3.8, 4) is 0 Å². The Hall–Kier alpha value is -2.18. The zero-order valence-electron chi connectivity index (χ0n) is 58.1. The summed E-state index contributed by atoms with van der Waals surface area (Å²) in [4.78, 5) is 24.6. The van der Waals surface area contributed by atoms with E-state index in [1.807, 2.05) is 0 Å². The van der Waals surface area contributed by atoms with Crippen LogP contribution in [0.1, 0.15) is 425 Å². The van der Waals surface area contributed by atoms with Gasteiger partial charge in [0.1, 0.15) is 0 Å². The predicted octanol–water partition coefficient (Wildman–Crippen LogP) is 25.6. The second-order valence-corrected chi connectivity index (χ2v) is 26.7. The molecular weight excluding hydrogens is 1050 g/mol. The smallest absolute Gasteiger partial charge is 0.305 e. The lowest BCUT2D eigenvalue weighted by Crippen LogP contribution is -2.45. The molecule has 6 heteroatoms. The molecule has 0 aliphatic carbocycles. The summed E-state index contributed by atoms with van der Waals surface area (Å²) in [6.45, 7) is 4.96. The molecule has 3 N–H and O–H groups in total. The Morgan fingerprint density at radius 2 is 0.581 bits per heavy atom. The molecule has 2 unspecified atom stereocenters. The fourth-order valence-electron chi connectivity index (χ4n) is 12.2. The molecule has 6 nitrogen and oxygen atoms in total. The zero-order chi connectivity index (χ0) is 62.0. The summed E-state index contributed by atoms with van der Waals surface area (Å²) in [5, 5.41) is 23.3. The molecule has 0 aliphatic heterocycles. The largest absolute Gasteiger partial charge is 0.466 e. The van der Waals surface area contributed by atoms with Crippen molar-refractivity contribution in [3.05, 3.63) is 48.6 Å². The van der Waals surface area contributed by atoms with Crippen molar-refractivity contribution < 1.29 is 24.5 Å². The van der Waals surface area contributed by atoms with E-state index in [-0.39, 0.29) is 18.5 Å². The second-order valence-electron chi connectivity index (χ2n) is 26.7. The first kappa shape index (κ1) is 83.8. The van der Waals surface area contributed by atoms with Gasteiger partial charge in [-0.1, -0.05) is 371 Å². The topological polar surface area (TPSA) is 95.9 Å². The fourth-order valence-corrected chi connectivity index (χ4v) is 12.2. The minimum absolute atomic E-state index is 0.00708. The Morgan fingerprint density at radius 1 is 0.326 bits per heavy atom. The summed E-state index contributed by atoms with van der Waals surface area (Å²) in [5.74, 6) is -0.0224. The number of hydrogen-bond acceptors (Lipinski definition) is 5. The van der Waals surface area contributed by atoms with E-state index in [0.717, 1.165) is 57.8 Å². The van der Waals surface area contributed by atoms with Gasteiger partial charge in [-0.15, -0.1) is 0 Å². The van der Waals surface area contributed by atoms with Crippen LogP contribution in [0.15, 0.2) is 48.6 Å². The van der Waals surface area contributed by atoms with Crippen molar-refractivity contribution in [1.82, 2.24) is 5.32 Å². The second kappa shape index (κ2) is 75.3. The monoisotopic (exact) mass is 1210 g/mol. The summed E-state index contributed by atoms with van der Waals surface area (Å²) >= 11 is 0. The van der Waals surface area contributed by atoms with E-state index in [0.29, 0.717) is 25.9 Å². The molecule has 0 aromatic carbocycles. The van der Waals surface area contributed by atoms with Gasteiger partial charge in [0.2, 0.25) is 5.91 Å². The number of amides is 1. The summed E-state index contributed by atoms with van der Waals surface area (Å²) in [6, 6.07) is -0.539. The predicted molar refractivity (Wildman–Crippen MR) is 379 cm³/mol. The lowest BCUT2D eigenvalue weighted by molar-refractivity contribution is -0.143.